The molecule has 0 fully saturated rings. The number of hydrazine groups is 1. The predicted molar refractivity (Wildman–Crippen MR) is 167 cm³/mol. The number of nitrogens with one attached hydrogen (secondary N) is 4. The van der Waals surface area contributed by atoms with Gasteiger partial charge in [0.05, 0.1) is 0 Å². The Morgan fingerprint density at radius 3 is 0.714 bits per heavy atom. The van der Waals surface area contributed by atoms with Crippen LogP contribution in [-0.4, -0.2) is 65.4 Å². The largest absolute Gasteiger partial charge is 0.330 e. The van der Waals surface area contributed by atoms with Crippen molar-refractivity contribution in [1.82, 2.24) is 21.4 Å². The highest BCUT2D eigenvalue weighted by atomic mass is 15.2. The minimum Gasteiger partial charge on any atom is -0.330 e. The average Bonchev–Trinajstić information content (AvgIpc) is 2.86. The van der Waals surface area contributed by atoms with Crippen molar-refractivity contribution in [3.8, 4) is 0 Å². The first-order valence-electron chi connectivity index (χ1n) is 13.8. The molecule has 0 spiro atoms. The van der Waals surface area contributed by atoms with Gasteiger partial charge in [0.15, 0.2) is 0 Å². The van der Waals surface area contributed by atoms with E-state index in [9.17, 15) is 0 Å². The lowest BCUT2D eigenvalue weighted by Crippen LogP contribution is -2.26. The summed E-state index contributed by atoms with van der Waals surface area (Å²) in [6, 6.07) is 1.87. The Morgan fingerprint density at radius 1 is 0.514 bits per heavy atom. The summed E-state index contributed by atoms with van der Waals surface area (Å²) in [7, 11) is 5.93. The molecule has 0 radical (unpaired) electrons. The maximum atomic E-state index is 5.34. The summed E-state index contributed by atoms with van der Waals surface area (Å²) in [4.78, 5) is 0. The summed E-state index contributed by atoms with van der Waals surface area (Å²) in [6.45, 7) is 20.2. The van der Waals surface area contributed by atoms with Crippen LogP contribution in [0, 0.1) is 0 Å². The molecule has 0 aliphatic rings. The van der Waals surface area contributed by atoms with E-state index in [0.717, 1.165) is 45.4 Å². The summed E-state index contributed by atoms with van der Waals surface area (Å²) in [6.07, 6.45) is 9.29. The van der Waals surface area contributed by atoms with Gasteiger partial charge in [0.1, 0.15) is 0 Å². The van der Waals surface area contributed by atoms with Gasteiger partial charge in [-0.3, -0.25) is 11.3 Å². The fourth-order valence-corrected chi connectivity index (χ4v) is 2.26. The van der Waals surface area contributed by atoms with Gasteiger partial charge in [-0.15, -0.1) is 0 Å². The lowest BCUT2D eigenvalue weighted by atomic mass is 10.1. The second-order valence-electron chi connectivity index (χ2n) is 7.89. The minimum atomic E-state index is 0. The normalized spacial score (nSPS) is 11.4. The van der Waals surface area contributed by atoms with Gasteiger partial charge in [-0.1, -0.05) is 75.7 Å². The summed E-state index contributed by atoms with van der Waals surface area (Å²) < 4.78 is 0. The first-order valence-corrected chi connectivity index (χ1v) is 13.8. The summed E-state index contributed by atoms with van der Waals surface area (Å²) in [5.74, 6) is 4.78. The van der Waals surface area contributed by atoms with Gasteiger partial charge in [0.25, 0.3) is 0 Å². The van der Waals surface area contributed by atoms with Gasteiger partial charge in [-0.2, -0.15) is 0 Å². The molecule has 0 heterocycles. The van der Waals surface area contributed by atoms with Crippen LogP contribution in [0.1, 0.15) is 114 Å². The highest BCUT2D eigenvalue weighted by molar-refractivity contribution is 4.62. The van der Waals surface area contributed by atoms with Crippen LogP contribution in [0.25, 0.3) is 0 Å². The first kappa shape index (κ1) is 51.3. The third kappa shape index (κ3) is 71.9. The third-order valence-corrected chi connectivity index (χ3v) is 4.45. The Balaban J connectivity index is -0.0000000560. The summed E-state index contributed by atoms with van der Waals surface area (Å²) >= 11 is 0. The predicted octanol–water partition coefficient (Wildman–Crippen LogP) is 3.94. The smallest absolute Gasteiger partial charge is 0.00734 e. The fourth-order valence-electron chi connectivity index (χ4n) is 2.26. The van der Waals surface area contributed by atoms with E-state index in [1.54, 1.807) is 0 Å². The van der Waals surface area contributed by atoms with Gasteiger partial charge in [-0.25, -0.2) is 0 Å². The van der Waals surface area contributed by atoms with E-state index in [4.69, 9.17) is 23.0 Å². The zero-order valence-electron chi connectivity index (χ0n) is 25.5. The van der Waals surface area contributed by atoms with Crippen molar-refractivity contribution < 1.29 is 0 Å². The molecular formula is C27H76N8. The monoisotopic (exact) mass is 513 g/mol. The van der Waals surface area contributed by atoms with Crippen molar-refractivity contribution in [2.75, 3.05) is 47.3 Å². The Kier molecular flexibility index (Phi) is 86.6. The van der Waals surface area contributed by atoms with E-state index in [1.165, 1.54) is 32.1 Å². The Bertz CT molecular complexity index is 210. The third-order valence-electron chi connectivity index (χ3n) is 4.45. The molecule has 35 heavy (non-hydrogen) atoms. The minimum absolute atomic E-state index is 0. The van der Waals surface area contributed by atoms with Crippen LogP contribution < -0.4 is 44.4 Å². The van der Waals surface area contributed by atoms with Crippen molar-refractivity contribution in [3.05, 3.63) is 0 Å². The molecule has 0 aromatic carbocycles. The molecular weight excluding hydrogens is 436 g/mol. The Hall–Kier alpha value is -0.320. The molecule has 0 aromatic rings. The van der Waals surface area contributed by atoms with E-state index in [1.807, 2.05) is 28.1 Å². The standard InChI is InChI=1S/3C6H16N2.2C3H8.C2H8N2.CH4/c3*1-3-6(8-2)4-5-7;2*1-3-2;1-2-4-3;/h3*6,8H,3-5,7H2,1-2H3;2*3H2,1-2H3;4H,2-3H2,1H3;1H4. The SMILES string of the molecule is C.CCC.CCC.CCC(CCN)NC.CCC(CCN)NC.CCC(CCN)NC.CCNN. The van der Waals surface area contributed by atoms with Crippen molar-refractivity contribution >= 4 is 0 Å². The van der Waals surface area contributed by atoms with E-state index in [0.29, 0.717) is 18.1 Å². The molecule has 0 saturated heterocycles. The topological polar surface area (TPSA) is 152 Å². The molecule has 12 N–H and O–H groups in total. The molecule has 8 nitrogen and oxygen atoms in total. The first-order chi connectivity index (χ1) is 16.3. The fraction of sp³-hybridized carbons (Fsp3) is 1.00. The Morgan fingerprint density at radius 2 is 0.686 bits per heavy atom. The molecule has 3 atom stereocenters. The molecule has 3 unspecified atom stereocenters. The Labute approximate surface area is 224 Å². The van der Waals surface area contributed by atoms with Crippen LogP contribution in [0.3, 0.4) is 0 Å². The maximum Gasteiger partial charge on any atom is 0.00734 e. The molecule has 0 aliphatic heterocycles. The summed E-state index contributed by atoms with van der Waals surface area (Å²) in [5.41, 5.74) is 18.5. The van der Waals surface area contributed by atoms with E-state index in [-0.39, 0.29) is 7.43 Å². The molecule has 0 bridgehead atoms. The highest BCUT2D eigenvalue weighted by Gasteiger charge is 1.99. The zero-order chi connectivity index (χ0) is 28.0. The van der Waals surface area contributed by atoms with Crippen LogP contribution in [0.2, 0.25) is 0 Å². The van der Waals surface area contributed by atoms with Gasteiger partial charge in [0.2, 0.25) is 0 Å². The number of nitrogens with two attached hydrogens (primary N) is 4. The van der Waals surface area contributed by atoms with Crippen molar-refractivity contribution in [2.24, 2.45) is 23.0 Å². The van der Waals surface area contributed by atoms with E-state index < -0.39 is 0 Å². The quantitative estimate of drug-likeness (QED) is 0.136. The molecule has 0 aliphatic carbocycles. The lowest BCUT2D eigenvalue weighted by Gasteiger charge is -2.10. The van der Waals surface area contributed by atoms with Crippen molar-refractivity contribution in [1.29, 1.82) is 0 Å². The van der Waals surface area contributed by atoms with Crippen LogP contribution in [0.15, 0.2) is 0 Å². The lowest BCUT2D eigenvalue weighted by molar-refractivity contribution is 0.515. The van der Waals surface area contributed by atoms with Crippen LogP contribution in [0.5, 0.6) is 0 Å². The maximum absolute atomic E-state index is 5.34. The van der Waals surface area contributed by atoms with Crippen molar-refractivity contribution in [3.63, 3.8) is 0 Å². The molecule has 0 amide bonds. The number of rotatable bonds is 13. The highest BCUT2D eigenvalue weighted by Crippen LogP contribution is 1.93. The zero-order valence-corrected chi connectivity index (χ0v) is 25.5. The van der Waals surface area contributed by atoms with Crippen molar-refractivity contribution in [2.45, 2.75) is 132 Å². The van der Waals surface area contributed by atoms with Gasteiger partial charge >= 0.3 is 0 Å². The number of hydrogen-bond donors (Lipinski definition) is 8. The average molecular weight is 513 g/mol. The van der Waals surface area contributed by atoms with Gasteiger partial charge in [0, 0.05) is 24.7 Å². The molecule has 0 rings (SSSR count). The van der Waals surface area contributed by atoms with Crippen LogP contribution in [-0.2, 0) is 0 Å². The van der Waals surface area contributed by atoms with Gasteiger partial charge < -0.3 is 33.2 Å². The molecule has 8 heteroatoms. The van der Waals surface area contributed by atoms with Crippen LogP contribution in [0.4, 0.5) is 0 Å². The van der Waals surface area contributed by atoms with Gasteiger partial charge in [-0.05, 0) is 79.3 Å². The van der Waals surface area contributed by atoms with E-state index in [2.05, 4.69) is 69.8 Å². The number of hydrogen-bond acceptors (Lipinski definition) is 8. The molecule has 0 aromatic heterocycles. The molecule has 0 saturated carbocycles. The summed E-state index contributed by atoms with van der Waals surface area (Å²) in [5, 5.41) is 9.52. The second-order valence-corrected chi connectivity index (χ2v) is 7.89. The van der Waals surface area contributed by atoms with Crippen LogP contribution >= 0.6 is 0 Å². The molecule has 224 valence electrons. The van der Waals surface area contributed by atoms with E-state index >= 15 is 0 Å². The second kappa shape index (κ2) is 59.1.